The highest BCUT2D eigenvalue weighted by Gasteiger charge is 2.19. The van der Waals surface area contributed by atoms with Gasteiger partial charge in [0, 0.05) is 25.7 Å². The van der Waals surface area contributed by atoms with E-state index in [-0.39, 0.29) is 0 Å². The van der Waals surface area contributed by atoms with Gasteiger partial charge >= 0.3 is 0 Å². The van der Waals surface area contributed by atoms with E-state index in [1.807, 2.05) is 42.8 Å². The summed E-state index contributed by atoms with van der Waals surface area (Å²) >= 11 is 1.54. The second-order valence-corrected chi connectivity index (χ2v) is 7.06. The van der Waals surface area contributed by atoms with Crippen molar-refractivity contribution < 1.29 is 9.26 Å². The summed E-state index contributed by atoms with van der Waals surface area (Å²) in [6, 6.07) is 8.02. The summed E-state index contributed by atoms with van der Waals surface area (Å²) in [5.74, 6) is 2.62. The highest BCUT2D eigenvalue weighted by molar-refractivity contribution is 7.98. The molecular weight excluding hydrogens is 352 g/mol. The van der Waals surface area contributed by atoms with Crippen LogP contribution in [0.25, 0.3) is 11.5 Å². The number of aromatic nitrogens is 5. The second-order valence-electron chi connectivity index (χ2n) is 6.11. The molecule has 3 aromatic rings. The summed E-state index contributed by atoms with van der Waals surface area (Å²) in [7, 11) is 1.97. The number of benzene rings is 1. The first-order valence-electron chi connectivity index (χ1n) is 8.45. The van der Waals surface area contributed by atoms with E-state index >= 15 is 0 Å². The fourth-order valence-corrected chi connectivity index (χ4v) is 3.56. The number of thioether (sulfide) groups is 1. The summed E-state index contributed by atoms with van der Waals surface area (Å²) in [5.41, 5.74) is 2.09. The van der Waals surface area contributed by atoms with Crippen molar-refractivity contribution in [2.24, 2.45) is 7.05 Å². The van der Waals surface area contributed by atoms with Gasteiger partial charge in [-0.25, -0.2) is 0 Å². The van der Waals surface area contributed by atoms with Crippen LogP contribution in [0, 0.1) is 6.92 Å². The maximum atomic E-state index is 5.39. The fourth-order valence-electron chi connectivity index (χ4n) is 2.81. The highest BCUT2D eigenvalue weighted by atomic mass is 32.2. The molecule has 0 unspecified atom stereocenters. The average molecular weight is 372 g/mol. The molecule has 1 aliphatic heterocycles. The molecule has 0 atom stereocenters. The van der Waals surface area contributed by atoms with Crippen molar-refractivity contribution in [3.63, 3.8) is 0 Å². The van der Waals surface area contributed by atoms with Crippen molar-refractivity contribution in [3.8, 4) is 11.5 Å². The Morgan fingerprint density at radius 2 is 2.04 bits per heavy atom. The number of ether oxygens (including phenoxy) is 1. The molecule has 1 aliphatic rings. The number of hydrogen-bond donors (Lipinski definition) is 0. The van der Waals surface area contributed by atoms with Crippen LogP contribution in [0.15, 0.2) is 33.9 Å². The van der Waals surface area contributed by atoms with Gasteiger partial charge in [-0.15, -0.1) is 10.2 Å². The van der Waals surface area contributed by atoms with E-state index in [4.69, 9.17) is 9.26 Å². The molecule has 3 heterocycles. The molecule has 1 saturated heterocycles. The van der Waals surface area contributed by atoms with E-state index in [1.165, 1.54) is 0 Å². The van der Waals surface area contributed by atoms with Crippen LogP contribution in [0.1, 0.15) is 11.4 Å². The van der Waals surface area contributed by atoms with Gasteiger partial charge in [-0.3, -0.25) is 4.57 Å². The van der Waals surface area contributed by atoms with Crippen LogP contribution >= 0.6 is 11.8 Å². The Labute approximate surface area is 155 Å². The highest BCUT2D eigenvalue weighted by Crippen LogP contribution is 2.25. The quantitative estimate of drug-likeness (QED) is 0.631. The van der Waals surface area contributed by atoms with Crippen LogP contribution in [-0.2, 0) is 17.5 Å². The van der Waals surface area contributed by atoms with Crippen molar-refractivity contribution in [1.82, 2.24) is 24.9 Å². The second kappa shape index (κ2) is 7.46. The average Bonchev–Trinajstić information content (AvgIpc) is 3.28. The number of anilines is 1. The zero-order valence-corrected chi connectivity index (χ0v) is 15.6. The maximum absolute atomic E-state index is 5.39. The third-order valence-corrected chi connectivity index (χ3v) is 5.19. The Morgan fingerprint density at radius 3 is 2.85 bits per heavy atom. The van der Waals surface area contributed by atoms with Crippen molar-refractivity contribution in [1.29, 1.82) is 0 Å². The lowest BCUT2D eigenvalue weighted by Gasteiger charge is -2.27. The standard InChI is InChI=1S/C17H20N6O2S/c1-12-4-3-5-13(10-12)15-18-14(21-25-15)11-26-17-20-19-16(22(17)2)23-6-8-24-9-7-23/h3-5,10H,6-9,11H2,1-2H3. The molecule has 0 N–H and O–H groups in total. The van der Waals surface area contributed by atoms with Crippen LogP contribution in [0.5, 0.6) is 0 Å². The Hall–Kier alpha value is -2.39. The van der Waals surface area contributed by atoms with Gasteiger partial charge in [0.2, 0.25) is 5.95 Å². The normalized spacial score (nSPS) is 14.8. The van der Waals surface area contributed by atoms with E-state index in [0.29, 0.717) is 17.5 Å². The lowest BCUT2D eigenvalue weighted by atomic mass is 10.1. The van der Waals surface area contributed by atoms with Gasteiger partial charge in [-0.05, 0) is 19.1 Å². The third kappa shape index (κ3) is 3.58. The van der Waals surface area contributed by atoms with Gasteiger partial charge < -0.3 is 14.2 Å². The van der Waals surface area contributed by atoms with Gasteiger partial charge in [0.05, 0.1) is 19.0 Å². The number of rotatable bonds is 5. The number of morpholine rings is 1. The van der Waals surface area contributed by atoms with Crippen molar-refractivity contribution in [2.75, 3.05) is 31.2 Å². The molecule has 0 amide bonds. The van der Waals surface area contributed by atoms with Crippen molar-refractivity contribution >= 4 is 17.7 Å². The van der Waals surface area contributed by atoms with E-state index in [2.05, 4.69) is 25.2 Å². The summed E-state index contributed by atoms with van der Waals surface area (Å²) < 4.78 is 12.8. The Bertz CT molecular complexity index is 887. The molecule has 2 aromatic heterocycles. The molecule has 0 aliphatic carbocycles. The van der Waals surface area contributed by atoms with Crippen LogP contribution in [0.4, 0.5) is 5.95 Å². The van der Waals surface area contributed by atoms with Crippen LogP contribution < -0.4 is 4.90 Å². The molecule has 1 aromatic carbocycles. The van der Waals surface area contributed by atoms with Gasteiger partial charge in [0.1, 0.15) is 0 Å². The number of nitrogens with zero attached hydrogens (tertiary/aromatic N) is 6. The molecule has 9 heteroatoms. The molecule has 0 spiro atoms. The first-order valence-corrected chi connectivity index (χ1v) is 9.44. The molecule has 1 fully saturated rings. The first kappa shape index (κ1) is 17.0. The van der Waals surface area contributed by atoms with Gasteiger partial charge in [-0.2, -0.15) is 4.98 Å². The fraction of sp³-hybridized carbons (Fsp3) is 0.412. The molecule has 0 bridgehead atoms. The lowest BCUT2D eigenvalue weighted by molar-refractivity contribution is 0.121. The van der Waals surface area contributed by atoms with E-state index in [1.54, 1.807) is 11.8 Å². The summed E-state index contributed by atoms with van der Waals surface area (Å²) in [5, 5.41) is 13.5. The summed E-state index contributed by atoms with van der Waals surface area (Å²) in [6.45, 7) is 5.15. The van der Waals surface area contributed by atoms with Gasteiger partial charge in [0.25, 0.3) is 5.89 Å². The monoisotopic (exact) mass is 372 g/mol. The molecule has 0 radical (unpaired) electrons. The van der Waals surface area contributed by atoms with Crippen LogP contribution in [-0.4, -0.2) is 51.2 Å². The van der Waals surface area contributed by atoms with Crippen LogP contribution in [0.2, 0.25) is 0 Å². The van der Waals surface area contributed by atoms with Gasteiger partial charge in [0.15, 0.2) is 11.0 Å². The summed E-state index contributed by atoms with van der Waals surface area (Å²) in [6.07, 6.45) is 0. The van der Waals surface area contributed by atoms with E-state index in [9.17, 15) is 0 Å². The zero-order chi connectivity index (χ0) is 17.9. The smallest absolute Gasteiger partial charge is 0.257 e. The predicted octanol–water partition coefficient (Wildman–Crippen LogP) is 2.30. The SMILES string of the molecule is Cc1cccc(-c2nc(CSc3nnc(N4CCOCC4)n3C)no2)c1. The third-order valence-electron chi connectivity index (χ3n) is 4.17. The Morgan fingerprint density at radius 1 is 1.19 bits per heavy atom. The molecule has 136 valence electrons. The minimum absolute atomic E-state index is 0.538. The maximum Gasteiger partial charge on any atom is 0.257 e. The summed E-state index contributed by atoms with van der Waals surface area (Å²) in [4.78, 5) is 6.67. The predicted molar refractivity (Wildman–Crippen MR) is 98.1 cm³/mol. The number of hydrogen-bond acceptors (Lipinski definition) is 8. The zero-order valence-electron chi connectivity index (χ0n) is 14.8. The largest absolute Gasteiger partial charge is 0.378 e. The lowest BCUT2D eigenvalue weighted by Crippen LogP contribution is -2.37. The first-order chi connectivity index (χ1) is 12.7. The van der Waals surface area contributed by atoms with E-state index in [0.717, 1.165) is 48.5 Å². The molecule has 8 nitrogen and oxygen atoms in total. The minimum atomic E-state index is 0.538. The van der Waals surface area contributed by atoms with E-state index < -0.39 is 0 Å². The molecule has 0 saturated carbocycles. The molecular formula is C17H20N6O2S. The molecule has 4 rings (SSSR count). The Kier molecular flexibility index (Phi) is 4.89. The molecule has 26 heavy (non-hydrogen) atoms. The van der Waals surface area contributed by atoms with Crippen molar-refractivity contribution in [3.05, 3.63) is 35.7 Å². The minimum Gasteiger partial charge on any atom is -0.378 e. The Balaban J connectivity index is 1.42. The number of aryl methyl sites for hydroxylation is 1. The topological polar surface area (TPSA) is 82.1 Å². The van der Waals surface area contributed by atoms with Crippen LogP contribution in [0.3, 0.4) is 0 Å². The van der Waals surface area contributed by atoms with Gasteiger partial charge in [-0.1, -0.05) is 34.6 Å². The van der Waals surface area contributed by atoms with Crippen molar-refractivity contribution in [2.45, 2.75) is 17.8 Å².